The summed E-state index contributed by atoms with van der Waals surface area (Å²) in [6, 6.07) is 12.1. The number of quaternary nitrogens is 1. The molecule has 0 aromatic heterocycles. The molecule has 3 heterocycles. The number of ether oxygens (including phenoxy) is 3. The highest BCUT2D eigenvalue weighted by atomic mass is 16.6. The third-order valence-electron chi connectivity index (χ3n) is 8.54. The average Bonchev–Trinajstić information content (AvgIpc) is 3.04. The van der Waals surface area contributed by atoms with Gasteiger partial charge >= 0.3 is 5.97 Å². The standard InChI is InChI=1S/C31H40N2O6/c1-20-9-10-25-23(17-20)27(22-7-6-8-26-28(22)39-16-15-37-26)38-14-13-33(25,19-30(3,4)5)31(29(35)36)11-12-32-18-24(31)21(2)34/h6-10,17,24,27,32H,11-16,18-19H2,1-5H3/p+1/t24-,27?,31+,33+/m1/s1. The van der Waals surface area contributed by atoms with Crippen LogP contribution >= 0.6 is 0 Å². The number of carbonyl (C=O) groups excluding carboxylic acids is 1. The molecule has 1 unspecified atom stereocenters. The molecule has 0 radical (unpaired) electrons. The molecular formula is C31H41N2O6+. The molecular weight excluding hydrogens is 496 g/mol. The second-order valence-electron chi connectivity index (χ2n) is 12.4. The van der Waals surface area contributed by atoms with Crippen molar-refractivity contribution in [2.45, 2.75) is 52.7 Å². The molecule has 2 aromatic rings. The van der Waals surface area contributed by atoms with Crippen LogP contribution in [-0.2, 0) is 14.3 Å². The minimum Gasteiger partial charge on any atom is -0.486 e. The normalized spacial score (nSPS) is 28.7. The van der Waals surface area contributed by atoms with Crippen molar-refractivity contribution < 1.29 is 28.9 Å². The number of hydrogen-bond donors (Lipinski definition) is 2. The average molecular weight is 538 g/mol. The summed E-state index contributed by atoms with van der Waals surface area (Å²) in [5, 5.41) is 14.5. The highest BCUT2D eigenvalue weighted by Gasteiger charge is 2.66. The SMILES string of the molecule is CC(=O)[C@H]1CNCC[C@]1(C(=O)O)[N@+]1(CC(C)(C)C)CCOC(c2cccc3c2OCCO3)c2cc(C)ccc21. The molecule has 4 atom stereocenters. The highest BCUT2D eigenvalue weighted by molar-refractivity contribution is 5.93. The van der Waals surface area contributed by atoms with Crippen molar-refractivity contribution in [2.75, 3.05) is 46.0 Å². The summed E-state index contributed by atoms with van der Waals surface area (Å²) in [5.41, 5.74) is 2.16. The first kappa shape index (κ1) is 27.6. The smallest absolute Gasteiger partial charge is 0.367 e. The van der Waals surface area contributed by atoms with Gasteiger partial charge in [-0.3, -0.25) is 9.28 Å². The number of fused-ring (bicyclic) bond motifs is 2. The summed E-state index contributed by atoms with van der Waals surface area (Å²) in [5.74, 6) is -0.346. The zero-order valence-corrected chi connectivity index (χ0v) is 23.7. The predicted molar refractivity (Wildman–Crippen MR) is 149 cm³/mol. The van der Waals surface area contributed by atoms with E-state index in [4.69, 9.17) is 14.2 Å². The van der Waals surface area contributed by atoms with Crippen molar-refractivity contribution in [1.82, 2.24) is 9.80 Å². The molecule has 210 valence electrons. The van der Waals surface area contributed by atoms with E-state index < -0.39 is 23.5 Å². The van der Waals surface area contributed by atoms with Crippen molar-refractivity contribution in [3.63, 3.8) is 0 Å². The Kier molecular flexibility index (Phi) is 7.24. The molecule has 2 N–H and O–H groups in total. The Morgan fingerprint density at radius 2 is 1.87 bits per heavy atom. The maximum atomic E-state index is 13.6. The van der Waals surface area contributed by atoms with Gasteiger partial charge in [-0.1, -0.05) is 44.5 Å². The molecule has 5 rings (SSSR count). The van der Waals surface area contributed by atoms with Crippen molar-refractivity contribution in [2.24, 2.45) is 11.3 Å². The first-order valence-corrected chi connectivity index (χ1v) is 13.9. The van der Waals surface area contributed by atoms with Crippen LogP contribution in [0.2, 0.25) is 0 Å². The first-order chi connectivity index (χ1) is 18.5. The molecule has 2 aromatic carbocycles. The van der Waals surface area contributed by atoms with E-state index in [-0.39, 0.29) is 15.7 Å². The molecule has 0 aliphatic carbocycles. The first-order valence-electron chi connectivity index (χ1n) is 13.9. The number of nitrogens with zero attached hydrogens (tertiary/aromatic N) is 1. The molecule has 3 aliphatic rings. The number of aryl methyl sites for hydroxylation is 1. The fourth-order valence-electron chi connectivity index (χ4n) is 7.20. The molecule has 3 aliphatic heterocycles. The zero-order valence-electron chi connectivity index (χ0n) is 23.7. The van der Waals surface area contributed by atoms with E-state index in [0.29, 0.717) is 63.9 Å². The van der Waals surface area contributed by atoms with E-state index >= 15 is 0 Å². The van der Waals surface area contributed by atoms with Gasteiger partial charge in [0.2, 0.25) is 5.54 Å². The number of hydrogen-bond acceptors (Lipinski definition) is 6. The van der Waals surface area contributed by atoms with E-state index in [1.807, 2.05) is 25.1 Å². The fraction of sp³-hybridized carbons (Fsp3) is 0.548. The molecule has 1 fully saturated rings. The van der Waals surface area contributed by atoms with Crippen LogP contribution in [0.3, 0.4) is 0 Å². The Hall–Kier alpha value is -2.94. The van der Waals surface area contributed by atoms with Gasteiger partial charge in [0, 0.05) is 36.1 Å². The van der Waals surface area contributed by atoms with Gasteiger partial charge < -0.3 is 24.6 Å². The van der Waals surface area contributed by atoms with Gasteiger partial charge in [-0.2, -0.15) is 0 Å². The van der Waals surface area contributed by atoms with E-state index in [1.165, 1.54) is 6.92 Å². The number of para-hydroxylation sites is 1. The Morgan fingerprint density at radius 3 is 2.59 bits per heavy atom. The number of piperidine rings is 1. The van der Waals surface area contributed by atoms with Gasteiger partial charge in [-0.25, -0.2) is 4.79 Å². The van der Waals surface area contributed by atoms with Crippen LogP contribution in [0.1, 0.15) is 56.9 Å². The summed E-state index contributed by atoms with van der Waals surface area (Å²) >= 11 is 0. The maximum Gasteiger partial charge on any atom is 0.367 e. The van der Waals surface area contributed by atoms with Crippen molar-refractivity contribution in [3.8, 4) is 11.5 Å². The third kappa shape index (κ3) is 4.62. The van der Waals surface area contributed by atoms with Gasteiger partial charge in [0.15, 0.2) is 11.5 Å². The predicted octanol–water partition coefficient (Wildman–Crippen LogP) is 4.26. The number of Topliss-reactive ketones (excluding diaryl/α,β-unsaturated/α-hetero) is 1. The molecule has 0 saturated carbocycles. The lowest BCUT2D eigenvalue weighted by Gasteiger charge is -2.56. The lowest BCUT2D eigenvalue weighted by molar-refractivity contribution is -0.162. The molecule has 0 spiro atoms. The monoisotopic (exact) mass is 537 g/mol. The molecule has 1 saturated heterocycles. The highest BCUT2D eigenvalue weighted by Crippen LogP contribution is 2.51. The van der Waals surface area contributed by atoms with Gasteiger partial charge in [-0.05, 0) is 32.0 Å². The van der Waals surface area contributed by atoms with Crippen molar-refractivity contribution in [3.05, 3.63) is 53.1 Å². The Morgan fingerprint density at radius 1 is 1.10 bits per heavy atom. The maximum absolute atomic E-state index is 13.6. The zero-order chi connectivity index (χ0) is 28.0. The number of rotatable bonds is 5. The van der Waals surface area contributed by atoms with Crippen LogP contribution in [0.25, 0.3) is 0 Å². The summed E-state index contributed by atoms with van der Waals surface area (Å²) in [7, 11) is 0. The van der Waals surface area contributed by atoms with Crippen LogP contribution in [-0.4, -0.2) is 68.4 Å². The number of nitrogens with one attached hydrogen (secondary N) is 1. The lowest BCUT2D eigenvalue weighted by Crippen LogP contribution is -2.78. The van der Waals surface area contributed by atoms with Gasteiger partial charge in [-0.15, -0.1) is 0 Å². The van der Waals surface area contributed by atoms with Crippen LogP contribution in [0, 0.1) is 18.3 Å². The Labute approximate surface area is 230 Å². The minimum atomic E-state index is -1.34. The summed E-state index contributed by atoms with van der Waals surface area (Å²) in [4.78, 5) is 26.8. The minimum absolute atomic E-state index is 0.103. The quantitative estimate of drug-likeness (QED) is 0.551. The Balaban J connectivity index is 1.81. The molecule has 0 amide bonds. The van der Waals surface area contributed by atoms with E-state index in [0.717, 1.165) is 22.4 Å². The van der Waals surface area contributed by atoms with Gasteiger partial charge in [0.1, 0.15) is 37.3 Å². The number of carbonyl (C=O) groups is 2. The summed E-state index contributed by atoms with van der Waals surface area (Å²) < 4.78 is 18.8. The fourth-order valence-corrected chi connectivity index (χ4v) is 7.20. The largest absolute Gasteiger partial charge is 0.486 e. The molecule has 8 heteroatoms. The van der Waals surface area contributed by atoms with E-state index in [9.17, 15) is 14.7 Å². The second kappa shape index (κ2) is 10.2. The van der Waals surface area contributed by atoms with Crippen LogP contribution in [0.4, 0.5) is 5.69 Å². The van der Waals surface area contributed by atoms with Crippen LogP contribution < -0.4 is 19.3 Å². The third-order valence-corrected chi connectivity index (χ3v) is 8.54. The van der Waals surface area contributed by atoms with E-state index in [2.05, 4.69) is 44.3 Å². The number of carboxylic acids is 1. The summed E-state index contributed by atoms with van der Waals surface area (Å²) in [6.45, 7) is 13.1. The van der Waals surface area contributed by atoms with Crippen molar-refractivity contribution in [1.29, 1.82) is 0 Å². The topological polar surface area (TPSA) is 94.1 Å². The Bertz CT molecular complexity index is 1270. The van der Waals surface area contributed by atoms with E-state index in [1.54, 1.807) is 0 Å². The van der Waals surface area contributed by atoms with Crippen LogP contribution in [0.5, 0.6) is 11.5 Å². The molecule has 0 bridgehead atoms. The summed E-state index contributed by atoms with van der Waals surface area (Å²) in [6.07, 6.45) is -0.127. The van der Waals surface area contributed by atoms with Gasteiger partial charge in [0.05, 0.1) is 19.1 Å². The second-order valence-corrected chi connectivity index (χ2v) is 12.4. The number of ketones is 1. The number of aliphatic carboxylic acids is 1. The van der Waals surface area contributed by atoms with Crippen LogP contribution in [0.15, 0.2) is 36.4 Å². The molecule has 39 heavy (non-hydrogen) atoms. The lowest BCUT2D eigenvalue weighted by atomic mass is 9.71. The van der Waals surface area contributed by atoms with Gasteiger partial charge in [0.25, 0.3) is 0 Å². The number of carboxylic acid groups (broad SMARTS) is 1. The van der Waals surface area contributed by atoms with Crippen molar-refractivity contribution >= 4 is 17.4 Å². The molecule has 8 nitrogen and oxygen atoms in total. The number of benzene rings is 2.